The highest BCUT2D eigenvalue weighted by atomic mass is 32.2. The maximum atomic E-state index is 12.8. The van der Waals surface area contributed by atoms with E-state index in [1.165, 1.54) is 17.3 Å². The number of benzene rings is 1. The lowest BCUT2D eigenvalue weighted by atomic mass is 10.1. The van der Waals surface area contributed by atoms with Crippen LogP contribution in [0.3, 0.4) is 0 Å². The monoisotopic (exact) mass is 423 g/mol. The van der Waals surface area contributed by atoms with Crippen molar-refractivity contribution in [1.82, 2.24) is 14.8 Å². The number of ketones is 1. The van der Waals surface area contributed by atoms with Crippen molar-refractivity contribution in [2.45, 2.75) is 32.0 Å². The summed E-state index contributed by atoms with van der Waals surface area (Å²) in [6.45, 7) is 4.92. The predicted molar refractivity (Wildman–Crippen MR) is 117 cm³/mol. The molecule has 1 aromatic carbocycles. The van der Waals surface area contributed by atoms with E-state index in [-0.39, 0.29) is 11.5 Å². The molecule has 0 saturated heterocycles. The van der Waals surface area contributed by atoms with Gasteiger partial charge in [0, 0.05) is 23.5 Å². The van der Waals surface area contributed by atoms with Crippen molar-refractivity contribution < 1.29 is 9.21 Å². The van der Waals surface area contributed by atoms with Crippen molar-refractivity contribution >= 4 is 28.9 Å². The van der Waals surface area contributed by atoms with Crippen LogP contribution in [0.1, 0.15) is 27.3 Å². The molecule has 0 amide bonds. The molecule has 0 saturated carbocycles. The van der Waals surface area contributed by atoms with E-state index in [9.17, 15) is 4.79 Å². The lowest BCUT2D eigenvalue weighted by molar-refractivity contribution is 0.102. The first kappa shape index (κ1) is 19.7. The summed E-state index contributed by atoms with van der Waals surface area (Å²) in [7, 11) is 0. The largest absolute Gasteiger partial charge is 0.410 e. The van der Waals surface area contributed by atoms with Gasteiger partial charge in [0.2, 0.25) is 0 Å². The van der Waals surface area contributed by atoms with Crippen LogP contribution in [0.2, 0.25) is 0 Å². The van der Waals surface area contributed by atoms with E-state index in [4.69, 9.17) is 4.42 Å². The summed E-state index contributed by atoms with van der Waals surface area (Å²) < 4.78 is 7.87. The van der Waals surface area contributed by atoms with Gasteiger partial charge >= 0.3 is 0 Å². The van der Waals surface area contributed by atoms with Crippen LogP contribution in [0.25, 0.3) is 10.8 Å². The lowest BCUT2D eigenvalue weighted by Gasteiger charge is -2.10. The van der Waals surface area contributed by atoms with Gasteiger partial charge in [-0.1, -0.05) is 48.2 Å². The quantitative estimate of drug-likeness (QED) is 0.279. The van der Waals surface area contributed by atoms with Gasteiger partial charge in [0.1, 0.15) is 0 Å². The van der Waals surface area contributed by atoms with Gasteiger partial charge in [0.05, 0.1) is 10.6 Å². The van der Waals surface area contributed by atoms with Crippen molar-refractivity contribution in [3.8, 4) is 10.8 Å². The Hall–Kier alpha value is -2.64. The number of aromatic nitrogens is 3. The molecule has 0 unspecified atom stereocenters. The van der Waals surface area contributed by atoms with Crippen molar-refractivity contribution in [3.63, 3.8) is 0 Å². The average molecular weight is 424 g/mol. The van der Waals surface area contributed by atoms with E-state index in [2.05, 4.69) is 39.0 Å². The Morgan fingerprint density at radius 2 is 1.97 bits per heavy atom. The van der Waals surface area contributed by atoms with E-state index in [1.807, 2.05) is 43.5 Å². The first-order chi connectivity index (χ1) is 14.1. The van der Waals surface area contributed by atoms with Crippen molar-refractivity contribution in [2.24, 2.45) is 0 Å². The molecule has 148 valence electrons. The zero-order valence-corrected chi connectivity index (χ0v) is 17.9. The maximum absolute atomic E-state index is 12.8. The molecule has 0 bridgehead atoms. The number of hydrogen-bond acceptors (Lipinski definition) is 6. The second-order valence-electron chi connectivity index (χ2n) is 6.73. The van der Waals surface area contributed by atoms with Gasteiger partial charge in [-0.3, -0.25) is 4.79 Å². The number of carbonyl (C=O) groups is 1. The molecule has 4 rings (SSSR count). The van der Waals surface area contributed by atoms with Crippen LogP contribution in [-0.4, -0.2) is 26.3 Å². The zero-order chi connectivity index (χ0) is 20.2. The molecular weight excluding hydrogens is 402 g/mol. The Morgan fingerprint density at radius 1 is 1.14 bits per heavy atom. The van der Waals surface area contributed by atoms with Gasteiger partial charge in [0.15, 0.2) is 5.78 Å². The topological polar surface area (TPSA) is 60.9 Å². The van der Waals surface area contributed by atoms with Crippen molar-refractivity contribution in [1.29, 1.82) is 0 Å². The zero-order valence-electron chi connectivity index (χ0n) is 16.3. The van der Waals surface area contributed by atoms with Crippen LogP contribution in [-0.2, 0) is 13.0 Å². The highest BCUT2D eigenvalue weighted by molar-refractivity contribution is 7.99. The van der Waals surface area contributed by atoms with Crippen molar-refractivity contribution in [3.05, 3.63) is 76.4 Å². The maximum Gasteiger partial charge on any atom is 0.277 e. The average Bonchev–Trinajstić information content (AvgIpc) is 3.47. The number of thiophene rings is 1. The predicted octanol–water partition coefficient (Wildman–Crippen LogP) is 5.43. The molecule has 4 aromatic rings. The second-order valence-corrected chi connectivity index (χ2v) is 8.61. The minimum atomic E-state index is 0.0740. The Labute approximate surface area is 177 Å². The Balaban J connectivity index is 1.40. The molecule has 5 nitrogen and oxygen atoms in total. The summed E-state index contributed by atoms with van der Waals surface area (Å²) in [5.74, 6) is 0.841. The summed E-state index contributed by atoms with van der Waals surface area (Å²) in [6, 6.07) is 16.2. The van der Waals surface area contributed by atoms with E-state index in [0.29, 0.717) is 11.1 Å². The summed E-state index contributed by atoms with van der Waals surface area (Å²) in [6.07, 6.45) is 0.938. The van der Waals surface area contributed by atoms with Gasteiger partial charge in [0.25, 0.3) is 11.1 Å². The van der Waals surface area contributed by atoms with Gasteiger partial charge in [-0.15, -0.1) is 21.5 Å². The smallest absolute Gasteiger partial charge is 0.277 e. The molecule has 3 aromatic heterocycles. The fraction of sp³-hybridized carbons (Fsp3) is 0.227. The Kier molecular flexibility index (Phi) is 5.97. The molecule has 0 atom stereocenters. The first-order valence-electron chi connectivity index (χ1n) is 9.36. The number of thioether (sulfide) groups is 1. The van der Waals surface area contributed by atoms with E-state index in [0.717, 1.165) is 34.8 Å². The van der Waals surface area contributed by atoms with Crippen molar-refractivity contribution in [2.75, 3.05) is 5.75 Å². The third kappa shape index (κ3) is 4.52. The van der Waals surface area contributed by atoms with Gasteiger partial charge in [-0.05, 0) is 43.3 Å². The van der Waals surface area contributed by atoms with Gasteiger partial charge in [-0.25, -0.2) is 0 Å². The molecule has 0 aliphatic rings. The normalized spacial score (nSPS) is 11.1. The van der Waals surface area contributed by atoms with E-state index >= 15 is 0 Å². The van der Waals surface area contributed by atoms with E-state index < -0.39 is 0 Å². The van der Waals surface area contributed by atoms with Crippen LogP contribution in [0.4, 0.5) is 0 Å². The highest BCUT2D eigenvalue weighted by Gasteiger charge is 2.18. The van der Waals surface area contributed by atoms with Crippen LogP contribution in [0.15, 0.2) is 63.6 Å². The minimum absolute atomic E-state index is 0.0740. The summed E-state index contributed by atoms with van der Waals surface area (Å²) >= 11 is 2.83. The number of rotatable bonds is 8. The third-order valence-corrected chi connectivity index (χ3v) is 6.48. The van der Waals surface area contributed by atoms with Crippen LogP contribution < -0.4 is 0 Å². The van der Waals surface area contributed by atoms with Crippen LogP contribution in [0, 0.1) is 13.8 Å². The first-order valence-corrected chi connectivity index (χ1v) is 11.2. The van der Waals surface area contributed by atoms with E-state index in [1.54, 1.807) is 11.3 Å². The highest BCUT2D eigenvalue weighted by Crippen LogP contribution is 2.27. The fourth-order valence-electron chi connectivity index (χ4n) is 3.29. The standard InChI is InChI=1S/C22H21N3O2S2/c1-15-13-18(16(2)25(15)11-10-17-7-4-3-5-8-17)19(26)14-29-22-24-23-21(27-22)20-9-6-12-28-20/h3-9,12-13H,10-11,14H2,1-2H3. The SMILES string of the molecule is Cc1cc(C(=O)CSc2nnc(-c3cccs3)o2)c(C)n1CCc1ccccc1. The third-order valence-electron chi connectivity index (χ3n) is 4.81. The second kappa shape index (κ2) is 8.80. The molecule has 0 aliphatic carbocycles. The molecule has 29 heavy (non-hydrogen) atoms. The van der Waals surface area contributed by atoms with Gasteiger partial charge in [-0.2, -0.15) is 0 Å². The summed E-state index contributed by atoms with van der Waals surface area (Å²) in [5, 5.41) is 10.5. The number of Topliss-reactive ketones (excluding diaryl/α,β-unsaturated/α-hetero) is 1. The van der Waals surface area contributed by atoms with Crippen LogP contribution in [0.5, 0.6) is 0 Å². The fourth-order valence-corrected chi connectivity index (χ4v) is 4.58. The number of carbonyl (C=O) groups excluding carboxylic acids is 1. The molecule has 0 N–H and O–H groups in total. The summed E-state index contributed by atoms with van der Waals surface area (Å²) in [4.78, 5) is 13.7. The Morgan fingerprint density at radius 3 is 2.72 bits per heavy atom. The molecule has 0 aliphatic heterocycles. The summed E-state index contributed by atoms with van der Waals surface area (Å²) in [5.41, 5.74) is 4.17. The van der Waals surface area contributed by atoms with Gasteiger partial charge < -0.3 is 8.98 Å². The lowest BCUT2D eigenvalue weighted by Crippen LogP contribution is -2.08. The number of hydrogen-bond donors (Lipinski definition) is 0. The molecule has 0 fully saturated rings. The Bertz CT molecular complexity index is 1100. The molecule has 3 heterocycles. The molecule has 0 spiro atoms. The van der Waals surface area contributed by atoms with Crippen LogP contribution >= 0.6 is 23.1 Å². The molecule has 7 heteroatoms. The molecular formula is C22H21N3O2S2. The number of aryl methyl sites for hydroxylation is 2. The number of nitrogens with zero attached hydrogens (tertiary/aromatic N) is 3. The minimum Gasteiger partial charge on any atom is -0.410 e. The molecule has 0 radical (unpaired) electrons.